The van der Waals surface area contributed by atoms with Gasteiger partial charge in [0.05, 0.1) is 7.11 Å². The van der Waals surface area contributed by atoms with Crippen LogP contribution in [0.2, 0.25) is 0 Å². The summed E-state index contributed by atoms with van der Waals surface area (Å²) in [5.41, 5.74) is 1.74. The minimum absolute atomic E-state index is 0.371. The van der Waals surface area contributed by atoms with Gasteiger partial charge >= 0.3 is 5.97 Å². The maximum atomic E-state index is 11.8. The molecule has 20 heavy (non-hydrogen) atoms. The van der Waals surface area contributed by atoms with Gasteiger partial charge in [0, 0.05) is 10.7 Å². The first-order valence-electron chi connectivity index (χ1n) is 6.12. The highest BCUT2D eigenvalue weighted by Gasteiger charge is 2.19. The Morgan fingerprint density at radius 1 is 1.15 bits per heavy atom. The number of hydrogen-bond acceptors (Lipinski definition) is 3. The first-order chi connectivity index (χ1) is 9.70. The van der Waals surface area contributed by atoms with E-state index >= 15 is 0 Å². The number of esters is 1. The number of ether oxygens (including phenoxy) is 1. The first kappa shape index (κ1) is 14.5. The van der Waals surface area contributed by atoms with Crippen LogP contribution in [-0.4, -0.2) is 19.3 Å². The summed E-state index contributed by atoms with van der Waals surface area (Å²) in [6.45, 7) is 0. The van der Waals surface area contributed by atoms with Crippen LogP contribution in [0, 0.1) is 0 Å². The van der Waals surface area contributed by atoms with Crippen LogP contribution in [0.25, 0.3) is 0 Å². The molecule has 102 valence electrons. The molecule has 2 aromatic carbocycles. The van der Waals surface area contributed by atoms with Crippen molar-refractivity contribution >= 4 is 28.1 Å². The van der Waals surface area contributed by atoms with Crippen LogP contribution >= 0.6 is 15.9 Å². The molecule has 0 heterocycles. The molecular weight excluding hydrogens is 318 g/mol. The number of halogens is 1. The Morgan fingerprint density at radius 2 is 1.80 bits per heavy atom. The van der Waals surface area contributed by atoms with E-state index in [9.17, 15) is 4.79 Å². The van der Waals surface area contributed by atoms with Crippen molar-refractivity contribution in [1.82, 2.24) is 0 Å². The lowest BCUT2D eigenvalue weighted by molar-refractivity contribution is -0.142. The van der Waals surface area contributed by atoms with E-state index in [2.05, 4.69) is 20.9 Å². The topological polar surface area (TPSA) is 38.7 Å². The first-order valence-corrected chi connectivity index (χ1v) is 6.91. The molecule has 3 nitrogen and oxygen atoms in total. The van der Waals surface area contributed by atoms with Gasteiger partial charge in [0.1, 0.15) is 0 Å². The Kier molecular flexibility index (Phi) is 5.07. The molecule has 2 aromatic rings. The molecule has 0 spiro atoms. The van der Waals surface area contributed by atoms with Crippen LogP contribution in [0.5, 0.6) is 0 Å². The van der Waals surface area contributed by atoms with Crippen molar-refractivity contribution in [1.29, 1.82) is 0 Å². The van der Waals surface area contributed by atoms with Gasteiger partial charge in [0.25, 0.3) is 0 Å². The monoisotopic (exact) mass is 331 g/mol. The number of rotatable bonds is 4. The summed E-state index contributed by atoms with van der Waals surface area (Å²) in [7, 11) is 1.37. The fourth-order valence-corrected chi connectivity index (χ4v) is 2.00. The minimum Gasteiger partial charge on any atom is -0.467 e. The van der Waals surface area contributed by atoms with Crippen molar-refractivity contribution in [3.8, 4) is 0 Å². The standard InChI is InChI=1S/C16H14BrNO2/c1-20-16(19)15(13-5-3-2-4-6-13)18-11-12-7-9-14(17)10-8-12/h2-11,15H,1H3. The molecule has 4 heteroatoms. The van der Waals surface area contributed by atoms with Crippen molar-refractivity contribution < 1.29 is 9.53 Å². The zero-order valence-electron chi connectivity index (χ0n) is 11.0. The zero-order chi connectivity index (χ0) is 14.4. The fraction of sp³-hybridized carbons (Fsp3) is 0.125. The maximum absolute atomic E-state index is 11.8. The summed E-state index contributed by atoms with van der Waals surface area (Å²) >= 11 is 3.38. The fourth-order valence-electron chi connectivity index (χ4n) is 1.74. The average molecular weight is 332 g/mol. The molecule has 0 N–H and O–H groups in total. The van der Waals surface area contributed by atoms with Crippen LogP contribution < -0.4 is 0 Å². The minimum atomic E-state index is -0.634. The van der Waals surface area contributed by atoms with E-state index in [1.807, 2.05) is 54.6 Å². The summed E-state index contributed by atoms with van der Waals surface area (Å²) in [5.74, 6) is -0.371. The van der Waals surface area contributed by atoms with E-state index in [0.29, 0.717) is 0 Å². The van der Waals surface area contributed by atoms with Gasteiger partial charge in [-0.2, -0.15) is 0 Å². The van der Waals surface area contributed by atoms with Gasteiger partial charge in [-0.1, -0.05) is 58.4 Å². The van der Waals surface area contributed by atoms with Crippen LogP contribution in [0.4, 0.5) is 0 Å². The molecule has 0 aliphatic heterocycles. The molecule has 0 fully saturated rings. The second kappa shape index (κ2) is 7.01. The van der Waals surface area contributed by atoms with Gasteiger partial charge in [-0.3, -0.25) is 4.99 Å². The summed E-state index contributed by atoms with van der Waals surface area (Å²) in [4.78, 5) is 16.2. The molecule has 0 amide bonds. The van der Waals surface area contributed by atoms with E-state index in [1.165, 1.54) is 7.11 Å². The molecule has 1 atom stereocenters. The van der Waals surface area contributed by atoms with Crippen molar-refractivity contribution in [2.75, 3.05) is 7.11 Å². The maximum Gasteiger partial charge on any atom is 0.335 e. The van der Waals surface area contributed by atoms with E-state index < -0.39 is 6.04 Å². The number of hydrogen-bond donors (Lipinski definition) is 0. The number of nitrogens with zero attached hydrogens (tertiary/aromatic N) is 1. The lowest BCUT2D eigenvalue weighted by Gasteiger charge is -2.10. The Bertz CT molecular complexity index is 594. The molecule has 0 aliphatic carbocycles. The Morgan fingerprint density at radius 3 is 2.40 bits per heavy atom. The van der Waals surface area contributed by atoms with Crippen LogP contribution in [0.3, 0.4) is 0 Å². The predicted octanol–water partition coefficient (Wildman–Crippen LogP) is 3.78. The lowest BCUT2D eigenvalue weighted by atomic mass is 10.1. The molecule has 0 aromatic heterocycles. The molecule has 2 rings (SSSR count). The smallest absolute Gasteiger partial charge is 0.335 e. The second-order valence-electron chi connectivity index (χ2n) is 4.17. The molecular formula is C16H14BrNO2. The van der Waals surface area contributed by atoms with Gasteiger partial charge in [-0.25, -0.2) is 4.79 Å². The third-order valence-electron chi connectivity index (χ3n) is 2.78. The number of carbonyl (C=O) groups excluding carboxylic acids is 1. The average Bonchev–Trinajstić information content (AvgIpc) is 2.50. The molecule has 0 aliphatic rings. The second-order valence-corrected chi connectivity index (χ2v) is 5.08. The summed E-state index contributed by atoms with van der Waals surface area (Å²) in [6.07, 6.45) is 1.68. The van der Waals surface area contributed by atoms with E-state index in [0.717, 1.165) is 15.6 Å². The largest absolute Gasteiger partial charge is 0.467 e. The van der Waals surface area contributed by atoms with Crippen LogP contribution in [0.15, 0.2) is 64.1 Å². The zero-order valence-corrected chi connectivity index (χ0v) is 12.6. The molecule has 0 bridgehead atoms. The van der Waals surface area contributed by atoms with Gasteiger partial charge in [0.15, 0.2) is 6.04 Å². The Hall–Kier alpha value is -1.94. The Balaban J connectivity index is 2.24. The van der Waals surface area contributed by atoms with Crippen molar-refractivity contribution in [3.63, 3.8) is 0 Å². The van der Waals surface area contributed by atoms with Gasteiger partial charge in [-0.05, 0) is 23.3 Å². The van der Waals surface area contributed by atoms with E-state index in [4.69, 9.17) is 4.74 Å². The normalized spacial score (nSPS) is 12.3. The van der Waals surface area contributed by atoms with Crippen molar-refractivity contribution in [2.24, 2.45) is 4.99 Å². The number of methoxy groups -OCH3 is 1. The number of benzene rings is 2. The summed E-state index contributed by atoms with van der Waals surface area (Å²) in [6, 6.07) is 16.4. The number of aliphatic imine (C=N–C) groups is 1. The summed E-state index contributed by atoms with van der Waals surface area (Å²) in [5, 5.41) is 0. The van der Waals surface area contributed by atoms with E-state index in [1.54, 1.807) is 6.21 Å². The lowest BCUT2D eigenvalue weighted by Crippen LogP contribution is -2.12. The molecule has 0 saturated heterocycles. The van der Waals surface area contributed by atoms with Gasteiger partial charge in [0.2, 0.25) is 0 Å². The summed E-state index contributed by atoms with van der Waals surface area (Å²) < 4.78 is 5.82. The highest BCUT2D eigenvalue weighted by atomic mass is 79.9. The molecule has 0 saturated carbocycles. The SMILES string of the molecule is COC(=O)C(N=Cc1ccc(Br)cc1)c1ccccc1. The number of carbonyl (C=O) groups is 1. The Labute approximate surface area is 126 Å². The third kappa shape index (κ3) is 3.78. The van der Waals surface area contributed by atoms with Crippen molar-refractivity contribution in [2.45, 2.75) is 6.04 Å². The molecule has 0 radical (unpaired) electrons. The molecule has 1 unspecified atom stereocenters. The quantitative estimate of drug-likeness (QED) is 0.631. The van der Waals surface area contributed by atoms with Gasteiger partial charge < -0.3 is 4.74 Å². The van der Waals surface area contributed by atoms with Crippen LogP contribution in [0.1, 0.15) is 17.2 Å². The highest BCUT2D eigenvalue weighted by Crippen LogP contribution is 2.19. The highest BCUT2D eigenvalue weighted by molar-refractivity contribution is 9.10. The van der Waals surface area contributed by atoms with Crippen LogP contribution in [-0.2, 0) is 9.53 Å². The van der Waals surface area contributed by atoms with Gasteiger partial charge in [-0.15, -0.1) is 0 Å². The third-order valence-corrected chi connectivity index (χ3v) is 3.31. The van der Waals surface area contributed by atoms with Crippen molar-refractivity contribution in [3.05, 3.63) is 70.2 Å². The predicted molar refractivity (Wildman–Crippen MR) is 82.9 cm³/mol. The van der Waals surface area contributed by atoms with E-state index in [-0.39, 0.29) is 5.97 Å².